The molecule has 2 aliphatic heterocycles. The van der Waals surface area contributed by atoms with Crippen LogP contribution in [0.5, 0.6) is 0 Å². The first-order valence-electron chi connectivity index (χ1n) is 10.2. The number of ether oxygens (including phenoxy) is 3. The van der Waals surface area contributed by atoms with E-state index >= 15 is 0 Å². The van der Waals surface area contributed by atoms with Crippen LogP contribution in [0.25, 0.3) is 0 Å². The van der Waals surface area contributed by atoms with Gasteiger partial charge in [0.05, 0.1) is 17.3 Å². The standard InChI is InChI=1S/C21H33NO5/c1-18(2)9-13(16-21(5,12-18)27-16)25-15(23)11-22(6)17(24)19(3)7-8-20(4)14(10-19)26-20/h13-14,16H,7-12H2,1-6H3. The molecule has 4 aliphatic rings. The zero-order chi connectivity index (χ0) is 19.8. The van der Waals surface area contributed by atoms with Gasteiger partial charge in [-0.3, -0.25) is 9.59 Å². The Hall–Kier alpha value is -1.14. The Morgan fingerprint density at radius 3 is 2.41 bits per heavy atom. The van der Waals surface area contributed by atoms with E-state index in [4.69, 9.17) is 14.2 Å². The second-order valence-corrected chi connectivity index (χ2v) is 10.8. The van der Waals surface area contributed by atoms with Crippen LogP contribution in [-0.2, 0) is 23.8 Å². The van der Waals surface area contributed by atoms with Crippen LogP contribution in [0.4, 0.5) is 0 Å². The summed E-state index contributed by atoms with van der Waals surface area (Å²) < 4.78 is 17.3. The van der Waals surface area contributed by atoms with Crippen molar-refractivity contribution in [2.75, 3.05) is 13.6 Å². The van der Waals surface area contributed by atoms with Crippen molar-refractivity contribution >= 4 is 11.9 Å². The number of amides is 1. The molecular formula is C21H33NO5. The summed E-state index contributed by atoms with van der Waals surface area (Å²) >= 11 is 0. The van der Waals surface area contributed by atoms with E-state index in [1.54, 1.807) is 7.05 Å². The molecule has 2 saturated heterocycles. The molecule has 0 radical (unpaired) electrons. The molecule has 0 spiro atoms. The molecule has 6 nitrogen and oxygen atoms in total. The average Bonchev–Trinajstić information content (AvgIpc) is 3.39. The highest BCUT2D eigenvalue weighted by molar-refractivity contribution is 5.86. The molecule has 27 heavy (non-hydrogen) atoms. The summed E-state index contributed by atoms with van der Waals surface area (Å²) in [6, 6.07) is 0. The Kier molecular flexibility index (Phi) is 4.05. The molecule has 2 aliphatic carbocycles. The Bertz CT molecular complexity index is 675. The lowest BCUT2D eigenvalue weighted by Gasteiger charge is -2.36. The number of fused-ring (bicyclic) bond motifs is 2. The van der Waals surface area contributed by atoms with Crippen LogP contribution >= 0.6 is 0 Å². The van der Waals surface area contributed by atoms with E-state index in [1.807, 2.05) is 6.92 Å². The molecule has 152 valence electrons. The molecule has 2 heterocycles. The Labute approximate surface area is 161 Å². The van der Waals surface area contributed by atoms with Gasteiger partial charge in [0.15, 0.2) is 0 Å². The number of hydrogen-bond donors (Lipinski definition) is 0. The molecule has 6 heteroatoms. The quantitative estimate of drug-likeness (QED) is 0.555. The highest BCUT2D eigenvalue weighted by Gasteiger charge is 2.64. The summed E-state index contributed by atoms with van der Waals surface area (Å²) in [5, 5.41) is 0. The van der Waals surface area contributed by atoms with Gasteiger partial charge in [0, 0.05) is 12.5 Å². The second-order valence-electron chi connectivity index (χ2n) is 10.8. The van der Waals surface area contributed by atoms with Crippen LogP contribution in [0.15, 0.2) is 0 Å². The summed E-state index contributed by atoms with van der Waals surface area (Å²) in [5.74, 6) is -0.341. The van der Waals surface area contributed by atoms with Crippen LogP contribution < -0.4 is 0 Å². The van der Waals surface area contributed by atoms with Gasteiger partial charge in [-0.05, 0) is 51.4 Å². The summed E-state index contributed by atoms with van der Waals surface area (Å²) in [6.07, 6.45) is 4.15. The van der Waals surface area contributed by atoms with Gasteiger partial charge in [0.2, 0.25) is 5.91 Å². The number of nitrogens with zero attached hydrogens (tertiary/aromatic N) is 1. The maximum atomic E-state index is 13.0. The van der Waals surface area contributed by atoms with Crippen LogP contribution in [0, 0.1) is 10.8 Å². The number of hydrogen-bond acceptors (Lipinski definition) is 5. The molecule has 6 atom stereocenters. The van der Waals surface area contributed by atoms with Crippen molar-refractivity contribution < 1.29 is 23.8 Å². The monoisotopic (exact) mass is 379 g/mol. The van der Waals surface area contributed by atoms with Crippen molar-refractivity contribution in [3.8, 4) is 0 Å². The Morgan fingerprint density at radius 1 is 1.04 bits per heavy atom. The van der Waals surface area contributed by atoms with E-state index in [0.29, 0.717) is 0 Å². The van der Waals surface area contributed by atoms with Crippen LogP contribution in [0.3, 0.4) is 0 Å². The predicted octanol–water partition coefficient (Wildman–Crippen LogP) is 2.68. The molecule has 1 amide bonds. The fourth-order valence-electron chi connectivity index (χ4n) is 5.58. The maximum absolute atomic E-state index is 13.0. The van der Waals surface area contributed by atoms with Crippen LogP contribution in [0.2, 0.25) is 0 Å². The fraction of sp³-hybridized carbons (Fsp3) is 0.905. The second kappa shape index (κ2) is 5.69. The van der Waals surface area contributed by atoms with Crippen molar-refractivity contribution in [1.82, 2.24) is 4.90 Å². The molecule has 0 aromatic carbocycles. The molecule has 0 bridgehead atoms. The van der Waals surface area contributed by atoms with Crippen molar-refractivity contribution in [3.63, 3.8) is 0 Å². The topological polar surface area (TPSA) is 71.7 Å². The third-order valence-electron chi connectivity index (χ3n) is 7.22. The van der Waals surface area contributed by atoms with E-state index < -0.39 is 5.41 Å². The SMILES string of the molecule is CN(CC(=O)OC1CC(C)(C)CC2(C)OC12)C(=O)C1(C)CCC2(C)OC2C1. The summed E-state index contributed by atoms with van der Waals surface area (Å²) in [4.78, 5) is 27.0. The summed E-state index contributed by atoms with van der Waals surface area (Å²) in [7, 11) is 1.69. The molecule has 0 aromatic rings. The third kappa shape index (κ3) is 3.39. The number of rotatable bonds is 4. The molecule has 4 rings (SSSR count). The molecule has 0 aromatic heterocycles. The Balaban J connectivity index is 1.32. The zero-order valence-electron chi connectivity index (χ0n) is 17.5. The molecule has 6 unspecified atom stereocenters. The molecular weight excluding hydrogens is 346 g/mol. The third-order valence-corrected chi connectivity index (χ3v) is 7.22. The Morgan fingerprint density at radius 2 is 1.74 bits per heavy atom. The van der Waals surface area contributed by atoms with Gasteiger partial charge in [0.1, 0.15) is 18.8 Å². The first-order chi connectivity index (χ1) is 12.4. The smallest absolute Gasteiger partial charge is 0.325 e. The van der Waals surface area contributed by atoms with E-state index in [-0.39, 0.29) is 53.4 Å². The highest BCUT2D eigenvalue weighted by Crippen LogP contribution is 2.55. The zero-order valence-corrected chi connectivity index (χ0v) is 17.5. The van der Waals surface area contributed by atoms with Gasteiger partial charge in [0.25, 0.3) is 0 Å². The normalized spacial score (nSPS) is 46.7. The highest BCUT2D eigenvalue weighted by atomic mass is 16.6. The van der Waals surface area contributed by atoms with Gasteiger partial charge in [-0.15, -0.1) is 0 Å². The number of esters is 1. The van der Waals surface area contributed by atoms with E-state index in [1.165, 1.54) is 4.90 Å². The lowest BCUT2D eigenvalue weighted by Crippen LogP contribution is -2.47. The van der Waals surface area contributed by atoms with Crippen molar-refractivity contribution in [2.24, 2.45) is 10.8 Å². The number of likely N-dealkylation sites (N-methyl/N-ethyl adjacent to an activating group) is 1. The first kappa shape index (κ1) is 19.2. The maximum Gasteiger partial charge on any atom is 0.325 e. The largest absolute Gasteiger partial charge is 0.458 e. The van der Waals surface area contributed by atoms with E-state index in [2.05, 4.69) is 27.7 Å². The van der Waals surface area contributed by atoms with Gasteiger partial charge < -0.3 is 19.1 Å². The average molecular weight is 379 g/mol. The summed E-state index contributed by atoms with van der Waals surface area (Å²) in [6.45, 7) is 10.5. The molecule has 2 saturated carbocycles. The minimum absolute atomic E-state index is 0.00367. The minimum Gasteiger partial charge on any atom is -0.458 e. The van der Waals surface area contributed by atoms with Gasteiger partial charge >= 0.3 is 5.97 Å². The number of carbonyl (C=O) groups is 2. The first-order valence-corrected chi connectivity index (χ1v) is 10.2. The predicted molar refractivity (Wildman–Crippen MR) is 99.0 cm³/mol. The fourth-order valence-corrected chi connectivity index (χ4v) is 5.58. The van der Waals surface area contributed by atoms with Gasteiger partial charge in [-0.1, -0.05) is 20.8 Å². The lowest BCUT2D eigenvalue weighted by molar-refractivity contribution is -0.158. The van der Waals surface area contributed by atoms with Crippen LogP contribution in [0.1, 0.15) is 66.7 Å². The summed E-state index contributed by atoms with van der Waals surface area (Å²) in [5.41, 5.74) is -0.565. The molecule has 4 fully saturated rings. The number of carbonyl (C=O) groups excluding carboxylic acids is 2. The van der Waals surface area contributed by atoms with Gasteiger partial charge in [-0.25, -0.2) is 0 Å². The molecule has 0 N–H and O–H groups in total. The minimum atomic E-state index is -0.458. The van der Waals surface area contributed by atoms with E-state index in [9.17, 15) is 9.59 Å². The van der Waals surface area contributed by atoms with Crippen molar-refractivity contribution in [1.29, 1.82) is 0 Å². The van der Waals surface area contributed by atoms with Gasteiger partial charge in [-0.2, -0.15) is 0 Å². The van der Waals surface area contributed by atoms with Crippen molar-refractivity contribution in [3.05, 3.63) is 0 Å². The lowest BCUT2D eigenvalue weighted by atomic mass is 9.71. The van der Waals surface area contributed by atoms with E-state index in [0.717, 1.165) is 32.1 Å². The van der Waals surface area contributed by atoms with Crippen molar-refractivity contribution in [2.45, 2.75) is 96.2 Å². The van der Waals surface area contributed by atoms with Crippen LogP contribution in [-0.4, -0.2) is 59.9 Å². The number of epoxide rings is 2.